The molecule has 2 rings (SSSR count). The Morgan fingerprint density at radius 2 is 2.13 bits per heavy atom. The van der Waals surface area contributed by atoms with Crippen molar-refractivity contribution in [3.8, 4) is 5.75 Å². The summed E-state index contributed by atoms with van der Waals surface area (Å²) in [6.45, 7) is 4.94. The van der Waals surface area contributed by atoms with Gasteiger partial charge in [0.05, 0.1) is 3.57 Å². The van der Waals surface area contributed by atoms with E-state index < -0.39 is 0 Å². The first-order valence-electron chi connectivity index (χ1n) is 8.22. The standard InChI is InChI=1S/C18H26IN3O/c1-3-4-7-12-21-18(20-2)22-13-10-15(11-14-22)23-17-9-6-5-8-16(17)19/h3-6,8-9,15H,7,10-14H2,1-2H3,(H,20,21)/b4-3+. The van der Waals surface area contributed by atoms with Crippen molar-refractivity contribution in [2.45, 2.75) is 32.3 Å². The van der Waals surface area contributed by atoms with E-state index in [9.17, 15) is 0 Å². The van der Waals surface area contributed by atoms with Gasteiger partial charge in [0.25, 0.3) is 0 Å². The fourth-order valence-electron chi connectivity index (χ4n) is 2.67. The number of hydrogen-bond donors (Lipinski definition) is 1. The van der Waals surface area contributed by atoms with Crippen molar-refractivity contribution in [3.05, 3.63) is 40.0 Å². The van der Waals surface area contributed by atoms with Crippen LogP contribution in [0.2, 0.25) is 0 Å². The Morgan fingerprint density at radius 1 is 1.39 bits per heavy atom. The van der Waals surface area contributed by atoms with Crippen LogP contribution in [-0.2, 0) is 0 Å². The summed E-state index contributed by atoms with van der Waals surface area (Å²) in [5.41, 5.74) is 0. The molecule has 0 amide bonds. The van der Waals surface area contributed by atoms with Crippen molar-refractivity contribution in [2.75, 3.05) is 26.7 Å². The molecule has 1 saturated heterocycles. The Hall–Kier alpha value is -1.24. The van der Waals surface area contributed by atoms with E-state index in [1.54, 1.807) is 0 Å². The van der Waals surface area contributed by atoms with Crippen LogP contribution >= 0.6 is 22.6 Å². The van der Waals surface area contributed by atoms with E-state index in [1.807, 2.05) is 26.1 Å². The smallest absolute Gasteiger partial charge is 0.193 e. The number of aliphatic imine (C=N–C) groups is 1. The molecular formula is C18H26IN3O. The first kappa shape index (κ1) is 18.1. The number of rotatable bonds is 5. The van der Waals surface area contributed by atoms with Gasteiger partial charge in [0.15, 0.2) is 5.96 Å². The number of piperidine rings is 1. The van der Waals surface area contributed by atoms with E-state index in [2.05, 4.69) is 62.1 Å². The highest BCUT2D eigenvalue weighted by molar-refractivity contribution is 14.1. The van der Waals surface area contributed by atoms with E-state index in [4.69, 9.17) is 4.74 Å². The zero-order chi connectivity index (χ0) is 16.5. The zero-order valence-electron chi connectivity index (χ0n) is 14.0. The summed E-state index contributed by atoms with van der Waals surface area (Å²) in [4.78, 5) is 6.72. The average molecular weight is 427 g/mol. The second-order valence-corrected chi connectivity index (χ2v) is 6.73. The first-order valence-corrected chi connectivity index (χ1v) is 9.30. The average Bonchev–Trinajstić information content (AvgIpc) is 2.58. The Morgan fingerprint density at radius 3 is 2.78 bits per heavy atom. The molecule has 0 radical (unpaired) electrons. The van der Waals surface area contributed by atoms with Crippen molar-refractivity contribution in [1.29, 1.82) is 0 Å². The van der Waals surface area contributed by atoms with Gasteiger partial charge in [-0.25, -0.2) is 0 Å². The molecule has 1 aromatic rings. The summed E-state index contributed by atoms with van der Waals surface area (Å²) in [6, 6.07) is 8.21. The van der Waals surface area contributed by atoms with Crippen LogP contribution in [-0.4, -0.2) is 43.6 Å². The molecule has 1 fully saturated rings. The Labute approximate surface area is 153 Å². The normalized spacial score (nSPS) is 16.8. The van der Waals surface area contributed by atoms with Gasteiger partial charge in [-0.05, 0) is 48.1 Å². The molecule has 5 heteroatoms. The highest BCUT2D eigenvalue weighted by Crippen LogP contribution is 2.24. The lowest BCUT2D eigenvalue weighted by Gasteiger charge is -2.34. The van der Waals surface area contributed by atoms with Crippen molar-refractivity contribution < 1.29 is 4.74 Å². The summed E-state index contributed by atoms with van der Waals surface area (Å²) in [5, 5.41) is 3.43. The number of hydrogen-bond acceptors (Lipinski definition) is 2. The predicted molar refractivity (Wildman–Crippen MR) is 105 cm³/mol. The molecule has 23 heavy (non-hydrogen) atoms. The number of guanidine groups is 1. The van der Waals surface area contributed by atoms with E-state index in [0.717, 1.165) is 50.6 Å². The van der Waals surface area contributed by atoms with Crippen LogP contribution in [0.15, 0.2) is 41.4 Å². The molecule has 0 aromatic heterocycles. The third-order valence-electron chi connectivity index (χ3n) is 3.91. The minimum absolute atomic E-state index is 0.295. The van der Waals surface area contributed by atoms with Gasteiger partial charge < -0.3 is 15.0 Å². The van der Waals surface area contributed by atoms with Crippen LogP contribution in [0.4, 0.5) is 0 Å². The van der Waals surface area contributed by atoms with Crippen LogP contribution in [0, 0.1) is 3.57 Å². The maximum Gasteiger partial charge on any atom is 0.193 e. The molecule has 0 aliphatic carbocycles. The third kappa shape index (κ3) is 5.71. The second-order valence-electron chi connectivity index (χ2n) is 5.57. The minimum atomic E-state index is 0.295. The summed E-state index contributed by atoms with van der Waals surface area (Å²) in [5.74, 6) is 2.00. The third-order valence-corrected chi connectivity index (χ3v) is 4.80. The Bertz CT molecular complexity index is 537. The monoisotopic (exact) mass is 427 g/mol. The molecule has 0 atom stereocenters. The highest BCUT2D eigenvalue weighted by Gasteiger charge is 2.22. The lowest BCUT2D eigenvalue weighted by molar-refractivity contribution is 0.128. The Balaban J connectivity index is 1.79. The van der Waals surface area contributed by atoms with Gasteiger partial charge in [-0.1, -0.05) is 24.3 Å². The van der Waals surface area contributed by atoms with Gasteiger partial charge in [-0.15, -0.1) is 0 Å². The van der Waals surface area contributed by atoms with Gasteiger partial charge in [0, 0.05) is 39.5 Å². The van der Waals surface area contributed by atoms with Crippen LogP contribution < -0.4 is 10.1 Å². The second kappa shape index (κ2) is 9.80. The highest BCUT2D eigenvalue weighted by atomic mass is 127. The zero-order valence-corrected chi connectivity index (χ0v) is 16.1. The number of nitrogens with zero attached hydrogens (tertiary/aromatic N) is 2. The molecule has 0 bridgehead atoms. The van der Waals surface area contributed by atoms with Crippen molar-refractivity contribution in [1.82, 2.24) is 10.2 Å². The van der Waals surface area contributed by atoms with Crippen LogP contribution in [0.1, 0.15) is 26.2 Å². The number of nitrogens with one attached hydrogen (secondary N) is 1. The van der Waals surface area contributed by atoms with E-state index in [0.29, 0.717) is 6.10 Å². The van der Waals surface area contributed by atoms with E-state index >= 15 is 0 Å². The number of likely N-dealkylation sites (tertiary alicyclic amines) is 1. The maximum atomic E-state index is 6.16. The summed E-state index contributed by atoms with van der Waals surface area (Å²) in [7, 11) is 1.85. The van der Waals surface area contributed by atoms with Crippen molar-refractivity contribution in [2.24, 2.45) is 4.99 Å². The molecule has 126 valence electrons. The van der Waals surface area contributed by atoms with Gasteiger partial charge in [0.1, 0.15) is 11.9 Å². The largest absolute Gasteiger partial charge is 0.489 e. The van der Waals surface area contributed by atoms with Gasteiger partial charge in [-0.3, -0.25) is 4.99 Å². The van der Waals surface area contributed by atoms with Crippen molar-refractivity contribution in [3.63, 3.8) is 0 Å². The van der Waals surface area contributed by atoms with Gasteiger partial charge in [0.2, 0.25) is 0 Å². The quantitative estimate of drug-likeness (QED) is 0.256. The molecule has 1 heterocycles. The van der Waals surface area contributed by atoms with Crippen LogP contribution in [0.5, 0.6) is 5.75 Å². The predicted octanol–water partition coefficient (Wildman–Crippen LogP) is 3.68. The number of allylic oxidation sites excluding steroid dienone is 1. The molecule has 0 spiro atoms. The number of halogens is 1. The molecule has 4 nitrogen and oxygen atoms in total. The summed E-state index contributed by atoms with van der Waals surface area (Å²) >= 11 is 2.33. The SMILES string of the molecule is C/C=C/CCNC(=NC)N1CCC(Oc2ccccc2I)CC1. The Kier molecular flexibility index (Phi) is 7.71. The molecule has 0 unspecified atom stereocenters. The van der Waals surface area contributed by atoms with E-state index in [-0.39, 0.29) is 0 Å². The summed E-state index contributed by atoms with van der Waals surface area (Å²) in [6.07, 6.45) is 7.63. The fraction of sp³-hybridized carbons (Fsp3) is 0.500. The number of ether oxygens (including phenoxy) is 1. The fourth-order valence-corrected chi connectivity index (χ4v) is 3.19. The van der Waals surface area contributed by atoms with Gasteiger partial charge in [-0.2, -0.15) is 0 Å². The van der Waals surface area contributed by atoms with Crippen LogP contribution in [0.25, 0.3) is 0 Å². The number of benzene rings is 1. The van der Waals surface area contributed by atoms with Gasteiger partial charge >= 0.3 is 0 Å². The van der Waals surface area contributed by atoms with E-state index in [1.165, 1.54) is 3.57 Å². The lowest BCUT2D eigenvalue weighted by Crippen LogP contribution is -2.47. The lowest BCUT2D eigenvalue weighted by atomic mass is 10.1. The molecule has 1 aromatic carbocycles. The summed E-state index contributed by atoms with van der Waals surface area (Å²) < 4.78 is 7.33. The first-order chi connectivity index (χ1) is 11.2. The maximum absolute atomic E-state index is 6.16. The molecule has 1 N–H and O–H groups in total. The molecule has 1 aliphatic heterocycles. The minimum Gasteiger partial charge on any atom is -0.489 e. The topological polar surface area (TPSA) is 36.9 Å². The molecular weight excluding hydrogens is 401 g/mol. The van der Waals surface area contributed by atoms with Crippen molar-refractivity contribution >= 4 is 28.6 Å². The number of para-hydroxylation sites is 1. The molecule has 0 saturated carbocycles. The molecule has 1 aliphatic rings. The van der Waals surface area contributed by atoms with Crippen LogP contribution in [0.3, 0.4) is 0 Å².